The van der Waals surface area contributed by atoms with Gasteiger partial charge in [0, 0.05) is 17.8 Å². The van der Waals surface area contributed by atoms with Crippen molar-refractivity contribution in [1.29, 1.82) is 0 Å². The van der Waals surface area contributed by atoms with Gasteiger partial charge in [-0.15, -0.1) is 0 Å². The van der Waals surface area contributed by atoms with E-state index in [2.05, 4.69) is 10.6 Å². The van der Waals surface area contributed by atoms with Crippen LogP contribution in [0.1, 0.15) is 44.9 Å². The van der Waals surface area contributed by atoms with Gasteiger partial charge < -0.3 is 16.4 Å². The minimum atomic E-state index is -0.615. The van der Waals surface area contributed by atoms with Crippen molar-refractivity contribution in [3.8, 4) is 0 Å². The van der Waals surface area contributed by atoms with E-state index in [1.165, 1.54) is 32.1 Å². The first-order valence-corrected chi connectivity index (χ1v) is 7.60. The van der Waals surface area contributed by atoms with Crippen LogP contribution < -0.4 is 16.4 Å². The van der Waals surface area contributed by atoms with Gasteiger partial charge in [-0.05, 0) is 30.5 Å². The molecule has 1 aromatic rings. The van der Waals surface area contributed by atoms with Gasteiger partial charge in [-0.3, -0.25) is 4.79 Å². The number of primary amides is 1. The Kier molecular flexibility index (Phi) is 5.60. The number of urea groups is 1. The first kappa shape index (κ1) is 15.4. The molecule has 0 saturated heterocycles. The lowest BCUT2D eigenvalue weighted by Gasteiger charge is -2.21. The molecule has 5 nitrogen and oxygen atoms in total. The Bertz CT molecular complexity index is 496. The van der Waals surface area contributed by atoms with Crippen molar-refractivity contribution >= 4 is 23.3 Å². The van der Waals surface area contributed by atoms with E-state index in [4.69, 9.17) is 5.73 Å². The topological polar surface area (TPSA) is 84.2 Å². The first-order chi connectivity index (χ1) is 10.1. The van der Waals surface area contributed by atoms with Crippen molar-refractivity contribution in [1.82, 2.24) is 0 Å². The molecule has 0 aliphatic heterocycles. The highest BCUT2D eigenvalue weighted by atomic mass is 16.2. The second-order valence-corrected chi connectivity index (χ2v) is 5.66. The summed E-state index contributed by atoms with van der Waals surface area (Å²) >= 11 is 0. The van der Waals surface area contributed by atoms with Gasteiger partial charge in [-0.25, -0.2) is 4.79 Å². The Morgan fingerprint density at radius 1 is 1.10 bits per heavy atom. The summed E-state index contributed by atoms with van der Waals surface area (Å²) in [6.45, 7) is 0. The lowest BCUT2D eigenvalue weighted by molar-refractivity contribution is -0.116. The van der Waals surface area contributed by atoms with Crippen molar-refractivity contribution in [3.63, 3.8) is 0 Å². The van der Waals surface area contributed by atoms with Crippen LogP contribution in [0.5, 0.6) is 0 Å². The maximum absolute atomic E-state index is 12.0. The molecule has 1 aliphatic carbocycles. The van der Waals surface area contributed by atoms with E-state index in [0.717, 1.165) is 6.42 Å². The van der Waals surface area contributed by atoms with Gasteiger partial charge in [-0.2, -0.15) is 0 Å². The van der Waals surface area contributed by atoms with Crippen molar-refractivity contribution in [3.05, 3.63) is 24.3 Å². The highest BCUT2D eigenvalue weighted by Gasteiger charge is 2.14. The minimum absolute atomic E-state index is 0.0248. The van der Waals surface area contributed by atoms with Crippen LogP contribution in [0.25, 0.3) is 0 Å². The number of amides is 3. The van der Waals surface area contributed by atoms with Crippen LogP contribution in [0.3, 0.4) is 0 Å². The Balaban J connectivity index is 1.80. The molecule has 5 heteroatoms. The number of nitrogens with two attached hydrogens (primary N) is 1. The maximum atomic E-state index is 12.0. The standard InChI is InChI=1S/C16H23N3O2/c17-16(21)19-14-8-4-7-13(11-14)18-15(20)10-9-12-5-2-1-3-6-12/h4,7-8,11-12H,1-3,5-6,9-10H2,(H,18,20)(H3,17,19,21). The lowest BCUT2D eigenvalue weighted by atomic mass is 9.86. The summed E-state index contributed by atoms with van der Waals surface area (Å²) in [5.74, 6) is 0.726. The quantitative estimate of drug-likeness (QED) is 0.775. The number of rotatable bonds is 5. The molecule has 2 rings (SSSR count). The molecule has 4 N–H and O–H groups in total. The van der Waals surface area contributed by atoms with Gasteiger partial charge in [0.1, 0.15) is 0 Å². The average Bonchev–Trinajstić information content (AvgIpc) is 2.46. The van der Waals surface area contributed by atoms with E-state index in [1.807, 2.05) is 0 Å². The fourth-order valence-electron chi connectivity index (χ4n) is 2.85. The second kappa shape index (κ2) is 7.67. The summed E-state index contributed by atoms with van der Waals surface area (Å²) in [5, 5.41) is 5.35. The summed E-state index contributed by atoms with van der Waals surface area (Å²) in [6.07, 6.45) is 7.96. The van der Waals surface area contributed by atoms with E-state index in [9.17, 15) is 9.59 Å². The number of carbonyl (C=O) groups is 2. The van der Waals surface area contributed by atoms with Crippen LogP contribution in [0.2, 0.25) is 0 Å². The molecule has 3 amide bonds. The molecule has 0 radical (unpaired) electrons. The summed E-state index contributed by atoms with van der Waals surface area (Å²) in [4.78, 5) is 22.8. The minimum Gasteiger partial charge on any atom is -0.351 e. The van der Waals surface area contributed by atoms with Crippen LogP contribution in [0, 0.1) is 5.92 Å². The van der Waals surface area contributed by atoms with Gasteiger partial charge in [-0.1, -0.05) is 38.2 Å². The van der Waals surface area contributed by atoms with Gasteiger partial charge in [0.25, 0.3) is 0 Å². The zero-order valence-electron chi connectivity index (χ0n) is 12.2. The third-order valence-electron chi connectivity index (χ3n) is 3.92. The van der Waals surface area contributed by atoms with E-state index >= 15 is 0 Å². The number of anilines is 2. The SMILES string of the molecule is NC(=O)Nc1cccc(NC(=O)CCC2CCCCC2)c1. The number of nitrogens with one attached hydrogen (secondary N) is 2. The summed E-state index contributed by atoms with van der Waals surface area (Å²) in [7, 11) is 0. The molecule has 0 unspecified atom stereocenters. The summed E-state index contributed by atoms with van der Waals surface area (Å²) in [5.41, 5.74) is 6.32. The molecule has 0 spiro atoms. The largest absolute Gasteiger partial charge is 0.351 e. The molecule has 1 fully saturated rings. The van der Waals surface area contributed by atoms with Crippen LogP contribution in [0.15, 0.2) is 24.3 Å². The Morgan fingerprint density at radius 2 is 1.76 bits per heavy atom. The Labute approximate surface area is 125 Å². The first-order valence-electron chi connectivity index (χ1n) is 7.60. The zero-order valence-corrected chi connectivity index (χ0v) is 12.2. The molecule has 1 saturated carbocycles. The number of hydrogen-bond donors (Lipinski definition) is 3. The molecule has 0 atom stereocenters. The predicted molar refractivity (Wildman–Crippen MR) is 84.1 cm³/mol. The Hall–Kier alpha value is -2.04. The molecule has 0 bridgehead atoms. The normalized spacial score (nSPS) is 15.4. The fourth-order valence-corrected chi connectivity index (χ4v) is 2.85. The van der Waals surface area contributed by atoms with Gasteiger partial charge in [0.15, 0.2) is 0 Å². The molecule has 0 heterocycles. The van der Waals surface area contributed by atoms with Crippen LogP contribution in [-0.2, 0) is 4.79 Å². The number of carbonyl (C=O) groups excluding carboxylic acids is 2. The molecule has 1 aromatic carbocycles. The van der Waals surface area contributed by atoms with E-state index in [-0.39, 0.29) is 5.91 Å². The Morgan fingerprint density at radius 3 is 2.43 bits per heavy atom. The highest BCUT2D eigenvalue weighted by molar-refractivity contribution is 5.93. The highest BCUT2D eigenvalue weighted by Crippen LogP contribution is 2.27. The van der Waals surface area contributed by atoms with Crippen LogP contribution in [-0.4, -0.2) is 11.9 Å². The van der Waals surface area contributed by atoms with Crippen molar-refractivity contribution < 1.29 is 9.59 Å². The molecule has 1 aliphatic rings. The number of benzene rings is 1. The van der Waals surface area contributed by atoms with Crippen molar-refractivity contribution in [2.75, 3.05) is 10.6 Å². The zero-order chi connectivity index (χ0) is 15.1. The van der Waals surface area contributed by atoms with Crippen LogP contribution >= 0.6 is 0 Å². The molecular weight excluding hydrogens is 266 g/mol. The van der Waals surface area contributed by atoms with Gasteiger partial charge in [0.05, 0.1) is 0 Å². The van der Waals surface area contributed by atoms with E-state index in [1.54, 1.807) is 24.3 Å². The van der Waals surface area contributed by atoms with Crippen molar-refractivity contribution in [2.45, 2.75) is 44.9 Å². The summed E-state index contributed by atoms with van der Waals surface area (Å²) in [6, 6.07) is 6.37. The van der Waals surface area contributed by atoms with Crippen molar-refractivity contribution in [2.24, 2.45) is 11.7 Å². The smallest absolute Gasteiger partial charge is 0.316 e. The number of hydrogen-bond acceptors (Lipinski definition) is 2. The monoisotopic (exact) mass is 289 g/mol. The predicted octanol–water partition coefficient (Wildman–Crippen LogP) is 3.48. The van der Waals surface area contributed by atoms with Gasteiger partial charge in [0.2, 0.25) is 5.91 Å². The second-order valence-electron chi connectivity index (χ2n) is 5.66. The molecule has 21 heavy (non-hydrogen) atoms. The van der Waals surface area contributed by atoms with Gasteiger partial charge >= 0.3 is 6.03 Å². The molecule has 0 aromatic heterocycles. The third kappa shape index (κ3) is 5.45. The summed E-state index contributed by atoms with van der Waals surface area (Å²) < 4.78 is 0. The maximum Gasteiger partial charge on any atom is 0.316 e. The van der Waals surface area contributed by atoms with Crippen LogP contribution in [0.4, 0.5) is 16.2 Å². The third-order valence-corrected chi connectivity index (χ3v) is 3.92. The van der Waals surface area contributed by atoms with E-state index < -0.39 is 6.03 Å². The molecule has 114 valence electrons. The average molecular weight is 289 g/mol. The lowest BCUT2D eigenvalue weighted by Crippen LogP contribution is -2.19. The van der Waals surface area contributed by atoms with E-state index in [0.29, 0.717) is 23.7 Å². The fraction of sp³-hybridized carbons (Fsp3) is 0.500. The molecular formula is C16H23N3O2.